The van der Waals surface area contributed by atoms with Crippen molar-refractivity contribution in [3.05, 3.63) is 35.4 Å². The second-order valence-corrected chi connectivity index (χ2v) is 5.30. The van der Waals surface area contributed by atoms with E-state index in [2.05, 4.69) is 20.8 Å². The molecule has 0 aliphatic rings. The van der Waals surface area contributed by atoms with Crippen LogP contribution in [0.3, 0.4) is 0 Å². The van der Waals surface area contributed by atoms with E-state index in [9.17, 15) is 4.79 Å². The summed E-state index contributed by atoms with van der Waals surface area (Å²) < 4.78 is 0. The molecule has 0 saturated carbocycles. The highest BCUT2D eigenvalue weighted by Gasteiger charge is 2.18. The van der Waals surface area contributed by atoms with Crippen molar-refractivity contribution in [3.8, 4) is 0 Å². The summed E-state index contributed by atoms with van der Waals surface area (Å²) in [5, 5.41) is 0. The van der Waals surface area contributed by atoms with Gasteiger partial charge in [0.05, 0.1) is 0 Å². The van der Waals surface area contributed by atoms with Crippen molar-refractivity contribution in [1.82, 2.24) is 4.90 Å². The Labute approximate surface area is 110 Å². The normalized spacial score (nSPS) is 12.6. The second kappa shape index (κ2) is 6.55. The van der Waals surface area contributed by atoms with Crippen molar-refractivity contribution < 1.29 is 4.79 Å². The lowest BCUT2D eigenvalue weighted by Crippen LogP contribution is -2.35. The lowest BCUT2D eigenvalue weighted by Gasteiger charge is -2.26. The van der Waals surface area contributed by atoms with Crippen LogP contribution in [0.5, 0.6) is 0 Å². The molecule has 0 fully saturated rings. The molecule has 1 amide bonds. The zero-order chi connectivity index (χ0) is 13.7. The highest BCUT2D eigenvalue weighted by molar-refractivity contribution is 5.94. The van der Waals surface area contributed by atoms with Crippen molar-refractivity contribution in [2.24, 2.45) is 11.7 Å². The largest absolute Gasteiger partial charge is 0.339 e. The van der Waals surface area contributed by atoms with Gasteiger partial charge in [0, 0.05) is 25.2 Å². The highest BCUT2D eigenvalue weighted by Crippen LogP contribution is 2.14. The predicted molar refractivity (Wildman–Crippen MR) is 75.3 cm³/mol. The standard InChI is InChI=1S/C15H24N2O/c1-11(2)8-12(3)17(4)15(18)14-7-5-6-13(9-14)10-16/h5-7,9,11-12H,8,10,16H2,1-4H3. The van der Waals surface area contributed by atoms with Crippen molar-refractivity contribution in [1.29, 1.82) is 0 Å². The number of hydrogen-bond donors (Lipinski definition) is 1. The second-order valence-electron chi connectivity index (χ2n) is 5.30. The molecule has 2 N–H and O–H groups in total. The summed E-state index contributed by atoms with van der Waals surface area (Å²) in [5.41, 5.74) is 7.31. The number of nitrogens with zero attached hydrogens (tertiary/aromatic N) is 1. The molecule has 1 rings (SSSR count). The van der Waals surface area contributed by atoms with Gasteiger partial charge in [-0.3, -0.25) is 4.79 Å². The molecule has 0 aliphatic heterocycles. The van der Waals surface area contributed by atoms with E-state index in [1.54, 1.807) is 0 Å². The molecule has 1 atom stereocenters. The van der Waals surface area contributed by atoms with Gasteiger partial charge in [0.1, 0.15) is 0 Å². The smallest absolute Gasteiger partial charge is 0.253 e. The van der Waals surface area contributed by atoms with Gasteiger partial charge in [0.2, 0.25) is 0 Å². The van der Waals surface area contributed by atoms with E-state index in [0.717, 1.165) is 17.5 Å². The minimum Gasteiger partial charge on any atom is -0.339 e. The average Bonchev–Trinajstić information content (AvgIpc) is 2.36. The Hall–Kier alpha value is -1.35. The molecule has 1 aromatic carbocycles. The van der Waals surface area contributed by atoms with Gasteiger partial charge in [0.25, 0.3) is 5.91 Å². The fraction of sp³-hybridized carbons (Fsp3) is 0.533. The van der Waals surface area contributed by atoms with Crippen molar-refractivity contribution >= 4 is 5.91 Å². The lowest BCUT2D eigenvalue weighted by molar-refractivity contribution is 0.0728. The number of hydrogen-bond acceptors (Lipinski definition) is 2. The third-order valence-corrected chi connectivity index (χ3v) is 3.20. The molecule has 18 heavy (non-hydrogen) atoms. The Bertz CT molecular complexity index is 401. The first-order chi connectivity index (χ1) is 8.45. The molecule has 0 heterocycles. The van der Waals surface area contributed by atoms with Gasteiger partial charge in [-0.05, 0) is 37.0 Å². The molecule has 0 radical (unpaired) electrons. The topological polar surface area (TPSA) is 46.3 Å². The van der Waals surface area contributed by atoms with E-state index in [1.807, 2.05) is 36.2 Å². The molecule has 1 aromatic rings. The van der Waals surface area contributed by atoms with Gasteiger partial charge >= 0.3 is 0 Å². The number of rotatable bonds is 5. The van der Waals surface area contributed by atoms with Gasteiger partial charge in [-0.1, -0.05) is 26.0 Å². The van der Waals surface area contributed by atoms with E-state index in [-0.39, 0.29) is 11.9 Å². The molecular formula is C15H24N2O. The van der Waals surface area contributed by atoms with Crippen LogP contribution in [0, 0.1) is 5.92 Å². The number of carbonyl (C=O) groups excluding carboxylic acids is 1. The summed E-state index contributed by atoms with van der Waals surface area (Å²) in [6.07, 6.45) is 1.01. The number of nitrogens with two attached hydrogens (primary N) is 1. The maximum atomic E-state index is 12.3. The van der Waals surface area contributed by atoms with Gasteiger partial charge in [-0.25, -0.2) is 0 Å². The molecule has 0 spiro atoms. The minimum absolute atomic E-state index is 0.0680. The van der Waals surface area contributed by atoms with E-state index < -0.39 is 0 Å². The van der Waals surface area contributed by atoms with E-state index >= 15 is 0 Å². The summed E-state index contributed by atoms with van der Waals surface area (Å²) in [6, 6.07) is 7.80. The predicted octanol–water partition coefficient (Wildman–Crippen LogP) is 2.65. The van der Waals surface area contributed by atoms with Crippen molar-refractivity contribution in [2.45, 2.75) is 39.8 Å². The maximum Gasteiger partial charge on any atom is 0.253 e. The monoisotopic (exact) mass is 248 g/mol. The molecule has 0 aliphatic carbocycles. The van der Waals surface area contributed by atoms with Crippen LogP contribution in [0.2, 0.25) is 0 Å². The fourth-order valence-corrected chi connectivity index (χ4v) is 2.08. The minimum atomic E-state index is 0.0680. The SMILES string of the molecule is CC(C)CC(C)N(C)C(=O)c1cccc(CN)c1. The molecule has 1 unspecified atom stereocenters. The number of benzene rings is 1. The first-order valence-electron chi connectivity index (χ1n) is 6.51. The number of amides is 1. The Morgan fingerprint density at radius 2 is 2.00 bits per heavy atom. The van der Waals surface area contributed by atoms with Crippen LogP contribution in [-0.2, 0) is 6.54 Å². The van der Waals surface area contributed by atoms with E-state index in [0.29, 0.717) is 12.5 Å². The average molecular weight is 248 g/mol. The third-order valence-electron chi connectivity index (χ3n) is 3.20. The Balaban J connectivity index is 2.79. The van der Waals surface area contributed by atoms with Crippen LogP contribution in [0.15, 0.2) is 24.3 Å². The van der Waals surface area contributed by atoms with Crippen LogP contribution >= 0.6 is 0 Å². The quantitative estimate of drug-likeness (QED) is 0.870. The van der Waals surface area contributed by atoms with Crippen molar-refractivity contribution in [3.63, 3.8) is 0 Å². The van der Waals surface area contributed by atoms with E-state index in [4.69, 9.17) is 5.73 Å². The third kappa shape index (κ3) is 3.84. The van der Waals surface area contributed by atoms with Crippen LogP contribution in [0.25, 0.3) is 0 Å². The maximum absolute atomic E-state index is 12.3. The Kier molecular flexibility index (Phi) is 5.35. The van der Waals surface area contributed by atoms with Crippen LogP contribution in [-0.4, -0.2) is 23.9 Å². The number of carbonyl (C=O) groups is 1. The first kappa shape index (κ1) is 14.7. The van der Waals surface area contributed by atoms with Gasteiger partial charge in [-0.2, -0.15) is 0 Å². The van der Waals surface area contributed by atoms with Crippen molar-refractivity contribution in [2.75, 3.05) is 7.05 Å². The molecule has 0 bridgehead atoms. The first-order valence-corrected chi connectivity index (χ1v) is 6.51. The summed E-state index contributed by atoms with van der Waals surface area (Å²) in [4.78, 5) is 14.1. The summed E-state index contributed by atoms with van der Waals surface area (Å²) in [6.45, 7) is 6.89. The molecule has 3 heteroatoms. The zero-order valence-electron chi connectivity index (χ0n) is 11.8. The van der Waals surface area contributed by atoms with Gasteiger partial charge in [0.15, 0.2) is 0 Å². The van der Waals surface area contributed by atoms with Crippen LogP contribution < -0.4 is 5.73 Å². The lowest BCUT2D eigenvalue weighted by atomic mass is 10.0. The van der Waals surface area contributed by atoms with E-state index in [1.165, 1.54) is 0 Å². The zero-order valence-corrected chi connectivity index (χ0v) is 11.8. The summed E-state index contributed by atoms with van der Waals surface area (Å²) >= 11 is 0. The molecule has 0 aromatic heterocycles. The Morgan fingerprint density at radius 1 is 1.33 bits per heavy atom. The highest BCUT2D eigenvalue weighted by atomic mass is 16.2. The molecule has 3 nitrogen and oxygen atoms in total. The fourth-order valence-electron chi connectivity index (χ4n) is 2.08. The van der Waals surface area contributed by atoms with Gasteiger partial charge in [-0.15, -0.1) is 0 Å². The molecular weight excluding hydrogens is 224 g/mol. The van der Waals surface area contributed by atoms with Crippen LogP contribution in [0.4, 0.5) is 0 Å². The summed E-state index contributed by atoms with van der Waals surface area (Å²) in [5.74, 6) is 0.657. The van der Waals surface area contributed by atoms with Crippen LogP contribution in [0.1, 0.15) is 43.1 Å². The van der Waals surface area contributed by atoms with Gasteiger partial charge < -0.3 is 10.6 Å². The molecule has 100 valence electrons. The molecule has 0 saturated heterocycles. The summed E-state index contributed by atoms with van der Waals surface area (Å²) in [7, 11) is 1.87. The Morgan fingerprint density at radius 3 is 2.56 bits per heavy atom.